The lowest BCUT2D eigenvalue weighted by Gasteiger charge is -2.36. The topological polar surface area (TPSA) is 82.2 Å². The molecule has 0 aromatic rings. The van der Waals surface area contributed by atoms with Gasteiger partial charge in [0.2, 0.25) is 0 Å². The molecule has 0 aromatic carbocycles. The summed E-state index contributed by atoms with van der Waals surface area (Å²) in [6.07, 6.45) is 2.72. The monoisotopic (exact) mass is 214 g/mol. The maximum Gasteiger partial charge on any atom is 0.320 e. The van der Waals surface area contributed by atoms with Gasteiger partial charge in [-0.05, 0) is 19.3 Å². The van der Waals surface area contributed by atoms with Crippen LogP contribution in [-0.2, 0) is 0 Å². The highest BCUT2D eigenvalue weighted by molar-refractivity contribution is 5.89. The van der Waals surface area contributed by atoms with Crippen molar-refractivity contribution in [3.63, 3.8) is 0 Å². The number of hydrogen-bond acceptors (Lipinski definition) is 3. The lowest BCUT2D eigenvalue weighted by atomic mass is 10.0. The highest BCUT2D eigenvalue weighted by Crippen LogP contribution is 2.18. The van der Waals surface area contributed by atoms with E-state index in [-0.39, 0.29) is 17.9 Å². The van der Waals surface area contributed by atoms with Gasteiger partial charge in [-0.25, -0.2) is 4.79 Å². The fraction of sp³-hybridized carbons (Fsp3) is 0.778. The molecule has 2 amide bonds. The molecule has 1 heterocycles. The molecule has 0 saturated carbocycles. The van der Waals surface area contributed by atoms with Crippen LogP contribution in [0.3, 0.4) is 0 Å². The van der Waals surface area contributed by atoms with Gasteiger partial charge >= 0.3 is 6.03 Å². The van der Waals surface area contributed by atoms with Crippen LogP contribution in [-0.4, -0.2) is 53.6 Å². The van der Waals surface area contributed by atoms with Crippen molar-refractivity contribution < 1.29 is 10.0 Å². The molecule has 1 fully saturated rings. The number of likely N-dealkylation sites (tertiary alicyclic amines) is 1. The molecule has 1 rings (SSSR count). The zero-order valence-electron chi connectivity index (χ0n) is 9.18. The summed E-state index contributed by atoms with van der Waals surface area (Å²) < 4.78 is 0. The van der Waals surface area contributed by atoms with Crippen molar-refractivity contribution in [2.45, 2.75) is 25.3 Å². The number of nitrogens with zero attached hydrogens (tertiary/aromatic N) is 3. The van der Waals surface area contributed by atoms with Crippen LogP contribution in [0.25, 0.3) is 0 Å². The first-order valence-corrected chi connectivity index (χ1v) is 5.03. The van der Waals surface area contributed by atoms with Gasteiger partial charge in [0.15, 0.2) is 5.84 Å². The smallest absolute Gasteiger partial charge is 0.320 e. The average molecular weight is 214 g/mol. The summed E-state index contributed by atoms with van der Waals surface area (Å²) in [5.41, 5.74) is 5.56. The van der Waals surface area contributed by atoms with E-state index in [1.165, 1.54) is 4.90 Å². The predicted molar refractivity (Wildman–Crippen MR) is 56.8 cm³/mol. The fourth-order valence-electron chi connectivity index (χ4n) is 1.79. The van der Waals surface area contributed by atoms with E-state index >= 15 is 0 Å². The Morgan fingerprint density at radius 1 is 1.53 bits per heavy atom. The van der Waals surface area contributed by atoms with Crippen LogP contribution in [0.15, 0.2) is 5.16 Å². The van der Waals surface area contributed by atoms with Crippen molar-refractivity contribution in [3.05, 3.63) is 0 Å². The second kappa shape index (κ2) is 4.86. The quantitative estimate of drug-likeness (QED) is 0.284. The molecule has 86 valence electrons. The Balaban J connectivity index is 2.78. The molecule has 6 heteroatoms. The molecule has 1 saturated heterocycles. The molecule has 1 aliphatic heterocycles. The van der Waals surface area contributed by atoms with Gasteiger partial charge in [0.1, 0.15) is 0 Å². The Hall–Kier alpha value is -1.46. The Morgan fingerprint density at radius 2 is 2.20 bits per heavy atom. The van der Waals surface area contributed by atoms with E-state index < -0.39 is 0 Å². The van der Waals surface area contributed by atoms with Gasteiger partial charge in [-0.1, -0.05) is 5.16 Å². The number of nitrogens with two attached hydrogens (primary N) is 1. The average Bonchev–Trinajstić information content (AvgIpc) is 2.27. The number of amides is 2. The van der Waals surface area contributed by atoms with Crippen LogP contribution >= 0.6 is 0 Å². The van der Waals surface area contributed by atoms with E-state index in [2.05, 4.69) is 5.16 Å². The number of carbonyl (C=O) groups is 1. The molecule has 0 radical (unpaired) electrons. The van der Waals surface area contributed by atoms with E-state index in [0.29, 0.717) is 6.54 Å². The molecular weight excluding hydrogens is 196 g/mol. The molecule has 0 bridgehead atoms. The third kappa shape index (κ3) is 2.51. The Kier molecular flexibility index (Phi) is 3.76. The van der Waals surface area contributed by atoms with Crippen molar-refractivity contribution in [2.75, 3.05) is 20.6 Å². The van der Waals surface area contributed by atoms with Crippen LogP contribution in [0.4, 0.5) is 4.79 Å². The van der Waals surface area contributed by atoms with Crippen molar-refractivity contribution in [2.24, 2.45) is 10.9 Å². The molecule has 6 nitrogen and oxygen atoms in total. The van der Waals surface area contributed by atoms with Crippen molar-refractivity contribution >= 4 is 11.9 Å². The van der Waals surface area contributed by atoms with Gasteiger partial charge in [0.05, 0.1) is 6.04 Å². The number of amidine groups is 1. The lowest BCUT2D eigenvalue weighted by Crippen LogP contribution is -2.53. The molecule has 0 spiro atoms. The molecule has 3 N–H and O–H groups in total. The van der Waals surface area contributed by atoms with E-state index in [9.17, 15) is 4.79 Å². The van der Waals surface area contributed by atoms with Crippen molar-refractivity contribution in [1.29, 1.82) is 0 Å². The summed E-state index contributed by atoms with van der Waals surface area (Å²) in [7, 11) is 3.39. The molecule has 1 atom stereocenters. The van der Waals surface area contributed by atoms with Gasteiger partial charge in [-0.15, -0.1) is 0 Å². The fourth-order valence-corrected chi connectivity index (χ4v) is 1.79. The van der Waals surface area contributed by atoms with E-state index in [1.807, 2.05) is 0 Å². The maximum absolute atomic E-state index is 11.8. The summed E-state index contributed by atoms with van der Waals surface area (Å²) in [6, 6.07) is -0.357. The van der Waals surface area contributed by atoms with E-state index in [4.69, 9.17) is 10.9 Å². The first-order chi connectivity index (χ1) is 7.07. The first kappa shape index (κ1) is 11.6. The number of piperidine rings is 1. The van der Waals surface area contributed by atoms with Gasteiger partial charge in [0, 0.05) is 20.6 Å². The van der Waals surface area contributed by atoms with Crippen LogP contribution in [0.2, 0.25) is 0 Å². The number of urea groups is 1. The van der Waals surface area contributed by atoms with Gasteiger partial charge in [0.25, 0.3) is 0 Å². The second-order valence-corrected chi connectivity index (χ2v) is 3.91. The predicted octanol–water partition coefficient (Wildman–Crippen LogP) is 0.269. The second-order valence-electron chi connectivity index (χ2n) is 3.91. The van der Waals surface area contributed by atoms with Crippen LogP contribution < -0.4 is 5.73 Å². The van der Waals surface area contributed by atoms with Crippen LogP contribution in [0.5, 0.6) is 0 Å². The van der Waals surface area contributed by atoms with Gasteiger partial charge in [-0.3, -0.25) is 0 Å². The molecule has 0 aliphatic carbocycles. The maximum atomic E-state index is 11.8. The van der Waals surface area contributed by atoms with Gasteiger partial charge in [-0.2, -0.15) is 0 Å². The lowest BCUT2D eigenvalue weighted by molar-refractivity contribution is 0.146. The van der Waals surface area contributed by atoms with Gasteiger partial charge < -0.3 is 20.7 Å². The summed E-state index contributed by atoms with van der Waals surface area (Å²) in [6.45, 7) is 0.665. The molecule has 0 aromatic heterocycles. The van der Waals surface area contributed by atoms with Crippen molar-refractivity contribution in [3.8, 4) is 0 Å². The van der Waals surface area contributed by atoms with Crippen LogP contribution in [0, 0.1) is 0 Å². The molecular formula is C9H18N4O2. The SMILES string of the molecule is CN(C)C(=O)N1CCCCC1C(N)=NO. The highest BCUT2D eigenvalue weighted by atomic mass is 16.4. The van der Waals surface area contributed by atoms with E-state index in [0.717, 1.165) is 19.3 Å². The van der Waals surface area contributed by atoms with E-state index in [1.54, 1.807) is 19.0 Å². The Morgan fingerprint density at radius 3 is 2.73 bits per heavy atom. The summed E-state index contributed by atoms with van der Waals surface area (Å²) in [5.74, 6) is 0.116. The molecule has 1 aliphatic rings. The molecule has 1 unspecified atom stereocenters. The number of hydrogen-bond donors (Lipinski definition) is 2. The normalized spacial score (nSPS) is 22.7. The van der Waals surface area contributed by atoms with Crippen LogP contribution in [0.1, 0.15) is 19.3 Å². The summed E-state index contributed by atoms with van der Waals surface area (Å²) in [5, 5.41) is 11.6. The van der Waals surface area contributed by atoms with Crippen molar-refractivity contribution in [1.82, 2.24) is 9.80 Å². The summed E-state index contributed by atoms with van der Waals surface area (Å²) in [4.78, 5) is 14.9. The Bertz CT molecular complexity index is 265. The third-order valence-corrected chi connectivity index (χ3v) is 2.59. The minimum atomic E-state index is -0.265. The minimum absolute atomic E-state index is 0.0914. The standard InChI is InChI=1S/C9H18N4O2/c1-12(2)9(14)13-6-4-3-5-7(13)8(10)11-15/h7,15H,3-6H2,1-2H3,(H2,10,11). The minimum Gasteiger partial charge on any atom is -0.409 e. The zero-order valence-corrected chi connectivity index (χ0v) is 9.18. The first-order valence-electron chi connectivity index (χ1n) is 5.03. The highest BCUT2D eigenvalue weighted by Gasteiger charge is 2.30. The summed E-state index contributed by atoms with van der Waals surface area (Å²) >= 11 is 0. The Labute approximate surface area is 89.3 Å². The number of oxime groups is 1. The third-order valence-electron chi connectivity index (χ3n) is 2.59. The molecule has 15 heavy (non-hydrogen) atoms. The zero-order chi connectivity index (χ0) is 11.4. The largest absolute Gasteiger partial charge is 0.409 e. The number of rotatable bonds is 1. The number of carbonyl (C=O) groups excluding carboxylic acids is 1.